The van der Waals surface area contributed by atoms with Crippen molar-refractivity contribution in [3.63, 3.8) is 0 Å². The van der Waals surface area contributed by atoms with Gasteiger partial charge in [0.25, 0.3) is 5.91 Å². The van der Waals surface area contributed by atoms with E-state index in [9.17, 15) is 9.59 Å². The quantitative estimate of drug-likeness (QED) is 0.321. The van der Waals surface area contributed by atoms with E-state index in [0.717, 1.165) is 0 Å². The van der Waals surface area contributed by atoms with Crippen molar-refractivity contribution in [3.8, 4) is 29.9 Å². The predicted octanol–water partition coefficient (Wildman–Crippen LogP) is 1.41. The molecule has 1 rings (SSSR count). The minimum atomic E-state index is -1.04. The number of benzene rings is 1. The highest BCUT2D eigenvalue weighted by Crippen LogP contribution is 2.34. The molecular formula is C15H12IN3O4. The van der Waals surface area contributed by atoms with Crippen molar-refractivity contribution in [1.29, 1.82) is 5.26 Å². The zero-order valence-corrected chi connectivity index (χ0v) is 14.2. The molecule has 23 heavy (non-hydrogen) atoms. The van der Waals surface area contributed by atoms with Crippen LogP contribution in [-0.4, -0.2) is 25.7 Å². The fourth-order valence-electron chi connectivity index (χ4n) is 1.57. The highest BCUT2D eigenvalue weighted by atomic mass is 127. The first kappa shape index (κ1) is 18.3. The van der Waals surface area contributed by atoms with Crippen LogP contribution in [0.1, 0.15) is 5.56 Å². The van der Waals surface area contributed by atoms with Crippen molar-refractivity contribution in [1.82, 2.24) is 5.32 Å². The van der Waals surface area contributed by atoms with E-state index >= 15 is 0 Å². The summed E-state index contributed by atoms with van der Waals surface area (Å²) in [5.41, 5.74) is 5.08. The maximum atomic E-state index is 11.7. The summed E-state index contributed by atoms with van der Waals surface area (Å²) in [7, 11) is 1.45. The number of nitrogens with two attached hydrogens (primary N) is 1. The third-order valence-electron chi connectivity index (χ3n) is 2.46. The van der Waals surface area contributed by atoms with Crippen molar-refractivity contribution >= 4 is 40.6 Å². The Kier molecular flexibility index (Phi) is 6.90. The largest absolute Gasteiger partial charge is 0.493 e. The Morgan fingerprint density at radius 2 is 2.22 bits per heavy atom. The van der Waals surface area contributed by atoms with Gasteiger partial charge in [0.1, 0.15) is 18.2 Å². The van der Waals surface area contributed by atoms with Gasteiger partial charge in [0, 0.05) is 0 Å². The van der Waals surface area contributed by atoms with Crippen LogP contribution in [-0.2, 0) is 4.79 Å². The molecule has 118 valence electrons. The lowest BCUT2D eigenvalue weighted by Crippen LogP contribution is -2.35. The number of methoxy groups -OCH3 is 1. The lowest BCUT2D eigenvalue weighted by molar-refractivity contribution is -0.115. The van der Waals surface area contributed by atoms with E-state index in [-0.39, 0.29) is 12.2 Å². The summed E-state index contributed by atoms with van der Waals surface area (Å²) in [6, 6.07) is 3.90. The summed E-state index contributed by atoms with van der Waals surface area (Å²) in [6.07, 6.45) is 6.46. The number of hydrogen-bond donors (Lipinski definition) is 2. The summed E-state index contributed by atoms with van der Waals surface area (Å²) >= 11 is 2.01. The number of carbonyl (C=O) groups is 2. The molecule has 0 bridgehead atoms. The van der Waals surface area contributed by atoms with E-state index in [1.165, 1.54) is 13.2 Å². The molecule has 0 atom stereocenters. The number of halogens is 1. The van der Waals surface area contributed by atoms with Gasteiger partial charge in [0.2, 0.25) is 0 Å². The second-order valence-corrected chi connectivity index (χ2v) is 5.18. The number of terminal acetylenes is 1. The van der Waals surface area contributed by atoms with Gasteiger partial charge in [-0.25, -0.2) is 4.79 Å². The van der Waals surface area contributed by atoms with Gasteiger partial charge in [-0.05, 0) is 46.4 Å². The highest BCUT2D eigenvalue weighted by molar-refractivity contribution is 14.1. The molecule has 0 aromatic heterocycles. The molecule has 1 aromatic rings. The summed E-state index contributed by atoms with van der Waals surface area (Å²) < 4.78 is 11.3. The maximum Gasteiger partial charge on any atom is 0.319 e. The fraction of sp³-hybridized carbons (Fsp3) is 0.133. The average Bonchev–Trinajstić information content (AvgIpc) is 2.50. The second kappa shape index (κ2) is 8.66. The first-order valence-corrected chi connectivity index (χ1v) is 7.17. The van der Waals surface area contributed by atoms with Gasteiger partial charge in [0.15, 0.2) is 11.5 Å². The molecule has 7 nitrogen and oxygen atoms in total. The molecule has 0 aliphatic rings. The Labute approximate surface area is 146 Å². The Morgan fingerprint density at radius 3 is 2.74 bits per heavy atom. The number of carbonyl (C=O) groups excluding carboxylic acids is 2. The molecule has 0 saturated carbocycles. The number of nitriles is 1. The normalized spacial score (nSPS) is 10.2. The fourth-order valence-corrected chi connectivity index (χ4v) is 2.35. The predicted molar refractivity (Wildman–Crippen MR) is 91.4 cm³/mol. The Bertz CT molecular complexity index is 744. The summed E-state index contributed by atoms with van der Waals surface area (Å²) in [4.78, 5) is 22.3. The van der Waals surface area contributed by atoms with Crippen LogP contribution in [0.5, 0.6) is 11.5 Å². The monoisotopic (exact) mass is 425 g/mol. The van der Waals surface area contributed by atoms with Gasteiger partial charge in [-0.3, -0.25) is 10.1 Å². The standard InChI is InChI=1S/C15H12IN3O4/c1-3-4-23-13-11(16)6-9(7-12(13)22-2)5-10(8-17)14(20)19-15(18)21/h1,5-7H,4H2,2H3,(H3,18,19,20,21)/b10-5-. The summed E-state index contributed by atoms with van der Waals surface area (Å²) in [5, 5.41) is 10.9. The summed E-state index contributed by atoms with van der Waals surface area (Å²) in [6.45, 7) is 0.0754. The Morgan fingerprint density at radius 1 is 1.52 bits per heavy atom. The number of rotatable bonds is 5. The van der Waals surface area contributed by atoms with Crippen LogP contribution in [0.25, 0.3) is 6.08 Å². The van der Waals surface area contributed by atoms with Crippen LogP contribution in [0.3, 0.4) is 0 Å². The molecule has 8 heteroatoms. The topological polar surface area (TPSA) is 114 Å². The van der Waals surface area contributed by atoms with Crippen molar-refractivity contribution in [2.75, 3.05) is 13.7 Å². The van der Waals surface area contributed by atoms with Crippen LogP contribution < -0.4 is 20.5 Å². The SMILES string of the molecule is C#CCOc1c(I)cc(/C=C(/C#N)C(=O)NC(N)=O)cc1OC. The molecule has 0 aliphatic heterocycles. The van der Waals surface area contributed by atoms with E-state index in [1.54, 1.807) is 18.2 Å². The molecular weight excluding hydrogens is 413 g/mol. The van der Waals surface area contributed by atoms with Crippen LogP contribution in [0, 0.1) is 27.2 Å². The number of imide groups is 1. The number of hydrogen-bond acceptors (Lipinski definition) is 5. The van der Waals surface area contributed by atoms with Crippen molar-refractivity contribution in [2.45, 2.75) is 0 Å². The number of nitrogens with zero attached hydrogens (tertiary/aromatic N) is 1. The van der Waals surface area contributed by atoms with Crippen LogP contribution >= 0.6 is 22.6 Å². The van der Waals surface area contributed by atoms with Crippen molar-refractivity contribution in [3.05, 3.63) is 26.8 Å². The second-order valence-electron chi connectivity index (χ2n) is 4.02. The zero-order valence-electron chi connectivity index (χ0n) is 12.1. The molecule has 0 saturated heterocycles. The minimum Gasteiger partial charge on any atom is -0.493 e. The Hall–Kier alpha value is -2.72. The van der Waals surface area contributed by atoms with Gasteiger partial charge in [-0.1, -0.05) is 5.92 Å². The van der Waals surface area contributed by atoms with Crippen molar-refractivity contribution < 1.29 is 19.1 Å². The lowest BCUT2D eigenvalue weighted by atomic mass is 10.1. The van der Waals surface area contributed by atoms with Crippen molar-refractivity contribution in [2.24, 2.45) is 5.73 Å². The van der Waals surface area contributed by atoms with Crippen LogP contribution in [0.15, 0.2) is 17.7 Å². The van der Waals surface area contributed by atoms with E-state index in [4.69, 9.17) is 26.9 Å². The van der Waals surface area contributed by atoms with E-state index in [2.05, 4.69) is 5.92 Å². The molecule has 0 spiro atoms. The Balaban J connectivity index is 3.23. The molecule has 3 N–H and O–H groups in total. The average molecular weight is 425 g/mol. The third kappa shape index (κ3) is 5.20. The minimum absolute atomic E-state index is 0.0754. The summed E-state index contributed by atoms with van der Waals surface area (Å²) in [5.74, 6) is 2.32. The molecule has 0 heterocycles. The zero-order chi connectivity index (χ0) is 17.4. The number of urea groups is 1. The molecule has 0 radical (unpaired) electrons. The molecule has 0 unspecified atom stereocenters. The number of amides is 3. The molecule has 1 aromatic carbocycles. The number of primary amides is 1. The first-order valence-electron chi connectivity index (χ1n) is 6.09. The maximum absolute atomic E-state index is 11.7. The third-order valence-corrected chi connectivity index (χ3v) is 3.27. The van der Waals surface area contributed by atoms with Crippen LogP contribution in [0.4, 0.5) is 4.79 Å². The van der Waals surface area contributed by atoms with Gasteiger partial charge < -0.3 is 15.2 Å². The molecule has 0 aliphatic carbocycles. The number of nitrogens with one attached hydrogen (secondary N) is 1. The van der Waals surface area contributed by atoms with Gasteiger partial charge in [-0.2, -0.15) is 5.26 Å². The van der Waals surface area contributed by atoms with Gasteiger partial charge in [0.05, 0.1) is 10.7 Å². The number of ether oxygens (including phenoxy) is 2. The van der Waals surface area contributed by atoms with Crippen LogP contribution in [0.2, 0.25) is 0 Å². The molecule has 0 fully saturated rings. The first-order chi connectivity index (χ1) is 10.9. The lowest BCUT2D eigenvalue weighted by Gasteiger charge is -2.12. The van der Waals surface area contributed by atoms with E-state index < -0.39 is 11.9 Å². The highest BCUT2D eigenvalue weighted by Gasteiger charge is 2.14. The van der Waals surface area contributed by atoms with Gasteiger partial charge >= 0.3 is 6.03 Å². The van der Waals surface area contributed by atoms with E-state index in [1.807, 2.05) is 27.9 Å². The molecule has 3 amide bonds. The smallest absolute Gasteiger partial charge is 0.319 e. The van der Waals surface area contributed by atoms with Gasteiger partial charge in [-0.15, -0.1) is 6.42 Å². The van der Waals surface area contributed by atoms with E-state index in [0.29, 0.717) is 20.6 Å².